The van der Waals surface area contributed by atoms with Gasteiger partial charge in [-0.3, -0.25) is 14.5 Å². The fourth-order valence-electron chi connectivity index (χ4n) is 3.80. The molecule has 0 saturated carbocycles. The molecule has 0 radical (unpaired) electrons. The van der Waals surface area contributed by atoms with Crippen molar-refractivity contribution in [2.45, 2.75) is 18.6 Å². The molecule has 2 aromatic rings. The maximum absolute atomic E-state index is 13.1. The van der Waals surface area contributed by atoms with E-state index in [9.17, 15) is 22.8 Å². The molecule has 7 nitrogen and oxygen atoms in total. The first kappa shape index (κ1) is 25.1. The first-order valence-corrected chi connectivity index (χ1v) is 10.8. The monoisotopic (exact) mass is 474 g/mol. The topological polar surface area (TPSA) is 85.7 Å². The second-order valence-corrected chi connectivity index (χ2v) is 7.85. The summed E-state index contributed by atoms with van der Waals surface area (Å²) in [7, 11) is 1.46. The first-order valence-electron chi connectivity index (χ1n) is 10.8. The standard InChI is InChI=1S/C24H25F3N4O3/c1-29-22(32)21-16-30(9-4-12-34-20-8-2-5-17(13-20)15-28)10-11-31(21)23(33)18-6-3-7-19(14-18)24(25,26)27/h2-3,5-8,13-14,21H,4,9-12,16H2,1H3,(H,29,32). The van der Waals surface area contributed by atoms with E-state index in [-0.39, 0.29) is 24.6 Å². The molecule has 0 spiro atoms. The quantitative estimate of drug-likeness (QED) is 0.624. The van der Waals surface area contributed by atoms with Crippen molar-refractivity contribution >= 4 is 11.8 Å². The Labute approximate surface area is 195 Å². The zero-order chi connectivity index (χ0) is 24.7. The number of likely N-dealkylation sites (N-methyl/N-ethyl adjacent to an activating group) is 1. The van der Waals surface area contributed by atoms with Crippen molar-refractivity contribution in [3.05, 3.63) is 65.2 Å². The Hall–Kier alpha value is -3.58. The van der Waals surface area contributed by atoms with Gasteiger partial charge in [0.1, 0.15) is 11.8 Å². The number of carbonyl (C=O) groups is 2. The molecular formula is C24H25F3N4O3. The predicted octanol–water partition coefficient (Wildman–Crippen LogP) is 2.92. The van der Waals surface area contributed by atoms with Gasteiger partial charge in [-0.05, 0) is 42.8 Å². The van der Waals surface area contributed by atoms with Crippen molar-refractivity contribution in [2.24, 2.45) is 0 Å². The molecule has 2 amide bonds. The normalized spacial score (nSPS) is 16.6. The molecule has 34 heavy (non-hydrogen) atoms. The van der Waals surface area contributed by atoms with E-state index in [2.05, 4.69) is 11.4 Å². The van der Waals surface area contributed by atoms with Crippen LogP contribution >= 0.6 is 0 Å². The number of ether oxygens (including phenoxy) is 1. The molecule has 1 aliphatic heterocycles. The number of alkyl halides is 3. The highest BCUT2D eigenvalue weighted by molar-refractivity contribution is 5.98. The third kappa shape index (κ3) is 6.26. The van der Waals surface area contributed by atoms with Gasteiger partial charge in [-0.1, -0.05) is 12.1 Å². The van der Waals surface area contributed by atoms with Crippen LogP contribution in [0, 0.1) is 11.3 Å². The van der Waals surface area contributed by atoms with E-state index in [1.807, 2.05) is 4.90 Å². The van der Waals surface area contributed by atoms with Crippen molar-refractivity contribution in [1.82, 2.24) is 15.1 Å². The van der Waals surface area contributed by atoms with Gasteiger partial charge in [0.25, 0.3) is 5.91 Å². The van der Waals surface area contributed by atoms with E-state index < -0.39 is 23.7 Å². The number of rotatable bonds is 7. The molecule has 2 aromatic carbocycles. The molecule has 10 heteroatoms. The molecule has 1 N–H and O–H groups in total. The smallest absolute Gasteiger partial charge is 0.416 e. The van der Waals surface area contributed by atoms with Crippen LogP contribution in [0.2, 0.25) is 0 Å². The molecular weight excluding hydrogens is 449 g/mol. The molecule has 1 heterocycles. The second-order valence-electron chi connectivity index (χ2n) is 7.85. The van der Waals surface area contributed by atoms with Crippen molar-refractivity contribution < 1.29 is 27.5 Å². The van der Waals surface area contributed by atoms with Gasteiger partial charge in [-0.25, -0.2) is 0 Å². The van der Waals surface area contributed by atoms with Crippen LogP contribution < -0.4 is 10.1 Å². The van der Waals surface area contributed by atoms with Gasteiger partial charge < -0.3 is 15.0 Å². The third-order valence-electron chi connectivity index (χ3n) is 5.56. The van der Waals surface area contributed by atoms with E-state index in [0.29, 0.717) is 37.4 Å². The van der Waals surface area contributed by atoms with Gasteiger partial charge in [0, 0.05) is 38.8 Å². The maximum Gasteiger partial charge on any atom is 0.416 e. The van der Waals surface area contributed by atoms with Gasteiger partial charge in [-0.2, -0.15) is 18.4 Å². The Balaban J connectivity index is 1.60. The number of halogens is 3. The molecule has 1 unspecified atom stereocenters. The Kier molecular flexibility index (Phi) is 8.12. The van der Waals surface area contributed by atoms with Crippen molar-refractivity contribution in [3.63, 3.8) is 0 Å². The van der Waals surface area contributed by atoms with Crippen LogP contribution in [0.25, 0.3) is 0 Å². The molecule has 0 aliphatic carbocycles. The number of nitrogens with one attached hydrogen (secondary N) is 1. The van der Waals surface area contributed by atoms with Crippen LogP contribution in [0.5, 0.6) is 5.75 Å². The summed E-state index contributed by atoms with van der Waals surface area (Å²) in [6.07, 6.45) is -3.91. The fraction of sp³-hybridized carbons (Fsp3) is 0.375. The number of amides is 2. The van der Waals surface area contributed by atoms with Crippen molar-refractivity contribution in [1.29, 1.82) is 5.26 Å². The number of nitriles is 1. The van der Waals surface area contributed by atoms with Crippen molar-refractivity contribution in [2.75, 3.05) is 39.8 Å². The van der Waals surface area contributed by atoms with E-state index in [0.717, 1.165) is 12.1 Å². The number of piperazine rings is 1. The lowest BCUT2D eigenvalue weighted by atomic mass is 10.1. The van der Waals surface area contributed by atoms with Crippen LogP contribution in [0.4, 0.5) is 13.2 Å². The highest BCUT2D eigenvalue weighted by Crippen LogP contribution is 2.30. The lowest BCUT2D eigenvalue weighted by Gasteiger charge is -2.40. The summed E-state index contributed by atoms with van der Waals surface area (Å²) < 4.78 is 44.9. The average molecular weight is 474 g/mol. The zero-order valence-corrected chi connectivity index (χ0v) is 18.6. The summed E-state index contributed by atoms with van der Waals surface area (Å²) in [6, 6.07) is 12.3. The number of benzene rings is 2. The fourth-order valence-corrected chi connectivity index (χ4v) is 3.80. The van der Waals surface area contributed by atoms with E-state index in [4.69, 9.17) is 10.00 Å². The highest BCUT2D eigenvalue weighted by Gasteiger charge is 2.36. The lowest BCUT2D eigenvalue weighted by molar-refractivity contribution is -0.137. The highest BCUT2D eigenvalue weighted by atomic mass is 19.4. The third-order valence-corrected chi connectivity index (χ3v) is 5.56. The lowest BCUT2D eigenvalue weighted by Crippen LogP contribution is -2.60. The molecule has 1 atom stereocenters. The largest absolute Gasteiger partial charge is 0.494 e. The number of hydrogen-bond donors (Lipinski definition) is 1. The Morgan fingerprint density at radius 1 is 1.18 bits per heavy atom. The minimum atomic E-state index is -4.56. The molecule has 1 aliphatic rings. The summed E-state index contributed by atoms with van der Waals surface area (Å²) in [5, 5.41) is 11.5. The van der Waals surface area contributed by atoms with E-state index >= 15 is 0 Å². The Morgan fingerprint density at radius 3 is 2.65 bits per heavy atom. The summed E-state index contributed by atoms with van der Waals surface area (Å²) in [4.78, 5) is 28.8. The Bertz CT molecular complexity index is 1070. The van der Waals surface area contributed by atoms with E-state index in [1.54, 1.807) is 24.3 Å². The van der Waals surface area contributed by atoms with Crippen LogP contribution in [-0.4, -0.2) is 67.5 Å². The van der Waals surface area contributed by atoms with Crippen molar-refractivity contribution in [3.8, 4) is 11.8 Å². The summed E-state index contributed by atoms with van der Waals surface area (Å²) in [5.41, 5.74) is -0.508. The van der Waals surface area contributed by atoms with Gasteiger partial charge >= 0.3 is 6.18 Å². The summed E-state index contributed by atoms with van der Waals surface area (Å²) in [5.74, 6) is -0.395. The molecule has 1 saturated heterocycles. The maximum atomic E-state index is 13.1. The van der Waals surface area contributed by atoms with Gasteiger partial charge in [-0.15, -0.1) is 0 Å². The summed E-state index contributed by atoms with van der Waals surface area (Å²) in [6.45, 7) is 1.95. The first-order chi connectivity index (χ1) is 16.2. The molecule has 0 bridgehead atoms. The van der Waals surface area contributed by atoms with Crippen LogP contribution in [0.15, 0.2) is 48.5 Å². The minimum absolute atomic E-state index is 0.106. The molecule has 0 aromatic heterocycles. The van der Waals surface area contributed by atoms with Gasteiger partial charge in [0.05, 0.1) is 23.8 Å². The number of hydrogen-bond acceptors (Lipinski definition) is 5. The zero-order valence-electron chi connectivity index (χ0n) is 18.6. The van der Waals surface area contributed by atoms with Gasteiger partial charge in [0.2, 0.25) is 5.91 Å². The summed E-state index contributed by atoms with van der Waals surface area (Å²) >= 11 is 0. The number of nitrogens with zero attached hydrogens (tertiary/aromatic N) is 3. The molecule has 1 fully saturated rings. The Morgan fingerprint density at radius 2 is 1.94 bits per heavy atom. The minimum Gasteiger partial charge on any atom is -0.494 e. The van der Waals surface area contributed by atoms with Crippen LogP contribution in [0.1, 0.15) is 27.9 Å². The molecule has 3 rings (SSSR count). The SMILES string of the molecule is CNC(=O)C1CN(CCCOc2cccc(C#N)c2)CCN1C(=O)c1cccc(C(F)(F)F)c1. The number of carbonyl (C=O) groups excluding carboxylic acids is 2. The molecule has 180 valence electrons. The van der Waals surface area contributed by atoms with Crippen LogP contribution in [0.3, 0.4) is 0 Å². The van der Waals surface area contributed by atoms with E-state index in [1.165, 1.54) is 24.1 Å². The predicted molar refractivity (Wildman–Crippen MR) is 118 cm³/mol. The second kappa shape index (κ2) is 11.0. The average Bonchev–Trinajstić information content (AvgIpc) is 2.85. The van der Waals surface area contributed by atoms with Gasteiger partial charge in [0.15, 0.2) is 0 Å². The van der Waals surface area contributed by atoms with Crippen LogP contribution in [-0.2, 0) is 11.0 Å².